The van der Waals surface area contributed by atoms with Crippen LogP contribution in [0.3, 0.4) is 0 Å². The number of rotatable bonds is 11. The maximum atomic E-state index is 6.08. The van der Waals surface area contributed by atoms with Gasteiger partial charge in [-0.1, -0.05) is 12.1 Å². The second-order valence-corrected chi connectivity index (χ2v) is 8.15. The lowest BCUT2D eigenvalue weighted by Gasteiger charge is -2.26. The number of aryl methyl sites for hydroxylation is 1. The number of morpholine rings is 1. The van der Waals surface area contributed by atoms with E-state index >= 15 is 0 Å². The molecule has 7 heteroatoms. The maximum Gasteiger partial charge on any atom is 0.191 e. The van der Waals surface area contributed by atoms with Gasteiger partial charge in [0.2, 0.25) is 0 Å². The summed E-state index contributed by atoms with van der Waals surface area (Å²) in [5, 5.41) is 6.83. The summed E-state index contributed by atoms with van der Waals surface area (Å²) in [4.78, 5) is 7.28. The van der Waals surface area contributed by atoms with Crippen molar-refractivity contribution in [1.29, 1.82) is 0 Å². The molecule has 1 aromatic rings. The fraction of sp³-hybridized carbons (Fsp3) is 0.696. The Morgan fingerprint density at radius 3 is 2.73 bits per heavy atom. The molecule has 1 saturated carbocycles. The number of unbranched alkanes of at least 4 members (excludes halogenated alkanes) is 1. The van der Waals surface area contributed by atoms with Crippen molar-refractivity contribution in [2.75, 3.05) is 52.5 Å². The SMILES string of the molecule is CCNC(=NCc1ccc(C)cc1OCC1CC1)NCCCCN1CCOCC1.I. The lowest BCUT2D eigenvalue weighted by atomic mass is 10.1. The van der Waals surface area contributed by atoms with Crippen LogP contribution in [-0.4, -0.2) is 63.4 Å². The van der Waals surface area contributed by atoms with E-state index in [2.05, 4.69) is 47.6 Å². The van der Waals surface area contributed by atoms with Gasteiger partial charge in [-0.3, -0.25) is 4.90 Å². The number of aliphatic imine (C=N–C) groups is 1. The predicted octanol–water partition coefficient (Wildman–Crippen LogP) is 3.57. The number of halogens is 1. The fourth-order valence-electron chi connectivity index (χ4n) is 3.42. The van der Waals surface area contributed by atoms with Crippen LogP contribution in [0.4, 0.5) is 0 Å². The second kappa shape index (κ2) is 14.1. The van der Waals surface area contributed by atoms with E-state index in [0.717, 1.165) is 82.2 Å². The normalized spacial score (nSPS) is 17.3. The molecule has 2 aliphatic rings. The zero-order valence-corrected chi connectivity index (χ0v) is 21.0. The molecule has 1 heterocycles. The smallest absolute Gasteiger partial charge is 0.191 e. The first-order chi connectivity index (χ1) is 14.2. The number of ether oxygens (including phenoxy) is 2. The Morgan fingerprint density at radius 2 is 2.00 bits per heavy atom. The Balaban J connectivity index is 0.00000320. The Bertz CT molecular complexity index is 646. The maximum absolute atomic E-state index is 6.08. The number of nitrogens with zero attached hydrogens (tertiary/aromatic N) is 2. The summed E-state index contributed by atoms with van der Waals surface area (Å²) in [5.74, 6) is 2.62. The van der Waals surface area contributed by atoms with Crippen molar-refractivity contribution in [3.05, 3.63) is 29.3 Å². The first-order valence-corrected chi connectivity index (χ1v) is 11.3. The number of hydrogen-bond acceptors (Lipinski definition) is 4. The van der Waals surface area contributed by atoms with Crippen molar-refractivity contribution < 1.29 is 9.47 Å². The van der Waals surface area contributed by atoms with Gasteiger partial charge in [0.15, 0.2) is 5.96 Å². The standard InChI is InChI=1S/C23H38N4O2.HI/c1-3-24-23(25-10-4-5-11-27-12-14-28-15-13-27)26-17-21-9-6-19(2)16-22(21)29-18-20-7-8-20;/h6,9,16,20H,3-5,7-8,10-15,17-18H2,1-2H3,(H2,24,25,26);1H. The molecule has 2 N–H and O–H groups in total. The minimum atomic E-state index is 0. The molecule has 0 aromatic heterocycles. The molecule has 0 atom stereocenters. The molecule has 0 spiro atoms. The molecule has 170 valence electrons. The van der Waals surface area contributed by atoms with Crippen molar-refractivity contribution >= 4 is 29.9 Å². The summed E-state index contributed by atoms with van der Waals surface area (Å²) in [6, 6.07) is 6.42. The third-order valence-corrected chi connectivity index (χ3v) is 5.44. The number of benzene rings is 1. The van der Waals surface area contributed by atoms with Crippen LogP contribution >= 0.6 is 24.0 Å². The van der Waals surface area contributed by atoms with Gasteiger partial charge in [-0.25, -0.2) is 4.99 Å². The van der Waals surface area contributed by atoms with Crippen LogP contribution in [0.25, 0.3) is 0 Å². The highest BCUT2D eigenvalue weighted by atomic mass is 127. The molecule has 6 nitrogen and oxygen atoms in total. The van der Waals surface area contributed by atoms with Crippen LogP contribution in [0.2, 0.25) is 0 Å². The third kappa shape index (κ3) is 9.39. The molecule has 1 saturated heterocycles. The van der Waals surface area contributed by atoms with Gasteiger partial charge in [0.1, 0.15) is 5.75 Å². The third-order valence-electron chi connectivity index (χ3n) is 5.44. The zero-order chi connectivity index (χ0) is 20.3. The molecule has 0 bridgehead atoms. The highest BCUT2D eigenvalue weighted by molar-refractivity contribution is 14.0. The van der Waals surface area contributed by atoms with Crippen LogP contribution in [0.5, 0.6) is 5.75 Å². The summed E-state index contributed by atoms with van der Waals surface area (Å²) in [5.41, 5.74) is 2.38. The Kier molecular flexibility index (Phi) is 11.8. The van der Waals surface area contributed by atoms with E-state index in [4.69, 9.17) is 14.5 Å². The molecule has 3 rings (SSSR count). The number of guanidine groups is 1. The average Bonchev–Trinajstić information content (AvgIpc) is 3.56. The van der Waals surface area contributed by atoms with Crippen LogP contribution < -0.4 is 15.4 Å². The molecular formula is C23H39IN4O2. The minimum absolute atomic E-state index is 0. The largest absolute Gasteiger partial charge is 0.493 e. The average molecular weight is 530 g/mol. The lowest BCUT2D eigenvalue weighted by Crippen LogP contribution is -2.39. The molecule has 1 aromatic carbocycles. The lowest BCUT2D eigenvalue weighted by molar-refractivity contribution is 0.0372. The molecule has 2 fully saturated rings. The van der Waals surface area contributed by atoms with Crippen molar-refractivity contribution in [3.63, 3.8) is 0 Å². The van der Waals surface area contributed by atoms with Gasteiger partial charge >= 0.3 is 0 Å². The summed E-state index contributed by atoms with van der Waals surface area (Å²) >= 11 is 0. The van der Waals surface area contributed by atoms with E-state index in [1.807, 2.05) is 0 Å². The van der Waals surface area contributed by atoms with Crippen LogP contribution in [-0.2, 0) is 11.3 Å². The van der Waals surface area contributed by atoms with Gasteiger partial charge in [0.25, 0.3) is 0 Å². The van der Waals surface area contributed by atoms with Crippen LogP contribution in [0.15, 0.2) is 23.2 Å². The molecule has 0 radical (unpaired) electrons. The molecule has 1 aliphatic carbocycles. The first kappa shape index (κ1) is 25.2. The Hall–Kier alpha value is -1.06. The van der Waals surface area contributed by atoms with Gasteiger partial charge < -0.3 is 20.1 Å². The van der Waals surface area contributed by atoms with E-state index in [1.165, 1.54) is 24.8 Å². The van der Waals surface area contributed by atoms with E-state index in [-0.39, 0.29) is 24.0 Å². The van der Waals surface area contributed by atoms with Gasteiger partial charge in [-0.2, -0.15) is 0 Å². The zero-order valence-electron chi connectivity index (χ0n) is 18.6. The molecule has 0 unspecified atom stereocenters. The Morgan fingerprint density at radius 1 is 1.20 bits per heavy atom. The molecule has 0 amide bonds. The van der Waals surface area contributed by atoms with Crippen molar-refractivity contribution in [1.82, 2.24) is 15.5 Å². The van der Waals surface area contributed by atoms with E-state index < -0.39 is 0 Å². The van der Waals surface area contributed by atoms with Crippen molar-refractivity contribution in [2.24, 2.45) is 10.9 Å². The highest BCUT2D eigenvalue weighted by Crippen LogP contribution is 2.30. The van der Waals surface area contributed by atoms with Crippen molar-refractivity contribution in [2.45, 2.75) is 46.1 Å². The van der Waals surface area contributed by atoms with Crippen LogP contribution in [0, 0.1) is 12.8 Å². The van der Waals surface area contributed by atoms with Crippen molar-refractivity contribution in [3.8, 4) is 5.75 Å². The summed E-state index contributed by atoms with van der Waals surface area (Å²) < 4.78 is 11.5. The van der Waals surface area contributed by atoms with E-state index in [9.17, 15) is 0 Å². The summed E-state index contributed by atoms with van der Waals surface area (Å²) in [7, 11) is 0. The molecule has 1 aliphatic heterocycles. The topological polar surface area (TPSA) is 58.1 Å². The van der Waals surface area contributed by atoms with Gasteiger partial charge in [-0.15, -0.1) is 24.0 Å². The number of hydrogen-bond donors (Lipinski definition) is 2. The molecule has 30 heavy (non-hydrogen) atoms. The van der Waals surface area contributed by atoms with Gasteiger partial charge in [0, 0.05) is 31.7 Å². The van der Waals surface area contributed by atoms with E-state index in [1.54, 1.807) is 0 Å². The predicted molar refractivity (Wildman–Crippen MR) is 134 cm³/mol. The summed E-state index contributed by atoms with van der Waals surface area (Å²) in [6.07, 6.45) is 4.95. The fourth-order valence-corrected chi connectivity index (χ4v) is 3.42. The second-order valence-electron chi connectivity index (χ2n) is 8.15. The first-order valence-electron chi connectivity index (χ1n) is 11.3. The highest BCUT2D eigenvalue weighted by Gasteiger charge is 2.22. The monoisotopic (exact) mass is 530 g/mol. The van der Waals surface area contributed by atoms with Gasteiger partial charge in [0.05, 0.1) is 26.4 Å². The molecular weight excluding hydrogens is 491 g/mol. The van der Waals surface area contributed by atoms with E-state index in [0.29, 0.717) is 6.54 Å². The number of nitrogens with one attached hydrogen (secondary N) is 2. The Labute approximate surface area is 199 Å². The minimum Gasteiger partial charge on any atom is -0.493 e. The quantitative estimate of drug-likeness (QED) is 0.198. The summed E-state index contributed by atoms with van der Waals surface area (Å²) in [6.45, 7) is 12.5. The van der Waals surface area contributed by atoms with Gasteiger partial charge in [-0.05, 0) is 63.6 Å². The van der Waals surface area contributed by atoms with Crippen LogP contribution in [0.1, 0.15) is 43.7 Å².